The van der Waals surface area contributed by atoms with Crippen molar-refractivity contribution in [1.82, 2.24) is 4.90 Å². The molecule has 24 heavy (non-hydrogen) atoms. The molecule has 2 rings (SSSR count). The number of aryl methyl sites for hydroxylation is 1. The van der Waals surface area contributed by atoms with Crippen molar-refractivity contribution in [2.45, 2.75) is 6.92 Å². The number of amides is 2. The van der Waals surface area contributed by atoms with Crippen molar-refractivity contribution in [3.05, 3.63) is 54.1 Å². The van der Waals surface area contributed by atoms with Crippen molar-refractivity contribution < 1.29 is 9.53 Å². The Morgan fingerprint density at radius 2 is 1.79 bits per heavy atom. The lowest BCUT2D eigenvalue weighted by atomic mass is 10.1. The van der Waals surface area contributed by atoms with E-state index in [1.165, 1.54) is 0 Å². The third-order valence-corrected chi connectivity index (χ3v) is 3.75. The predicted molar refractivity (Wildman–Crippen MR) is 99.1 cm³/mol. The molecule has 0 radical (unpaired) electrons. The summed E-state index contributed by atoms with van der Waals surface area (Å²) in [5.41, 5.74) is 2.96. The van der Waals surface area contributed by atoms with Gasteiger partial charge in [-0.3, -0.25) is 0 Å². The fourth-order valence-electron chi connectivity index (χ4n) is 2.20. The molecule has 5 nitrogen and oxygen atoms in total. The zero-order valence-corrected chi connectivity index (χ0v) is 14.7. The van der Waals surface area contributed by atoms with Gasteiger partial charge in [-0.1, -0.05) is 18.2 Å². The van der Waals surface area contributed by atoms with Crippen LogP contribution in [0.2, 0.25) is 0 Å². The van der Waals surface area contributed by atoms with Crippen molar-refractivity contribution >= 4 is 17.4 Å². The highest BCUT2D eigenvalue weighted by Crippen LogP contribution is 2.21. The molecule has 0 saturated carbocycles. The van der Waals surface area contributed by atoms with Crippen LogP contribution >= 0.6 is 0 Å². The number of nitrogens with zero attached hydrogens (tertiary/aromatic N) is 2. The summed E-state index contributed by atoms with van der Waals surface area (Å²) in [4.78, 5) is 15.9. The molecule has 2 amide bonds. The number of carbonyl (C=O) groups excluding carboxylic acids is 1. The van der Waals surface area contributed by atoms with Gasteiger partial charge in [0.1, 0.15) is 12.4 Å². The monoisotopic (exact) mass is 327 g/mol. The quantitative estimate of drug-likeness (QED) is 0.881. The molecule has 0 heterocycles. The SMILES string of the molecule is Cc1cc(N(C)C)ccc1NC(=O)N(C)CCOc1ccccc1. The predicted octanol–water partition coefficient (Wildman–Crippen LogP) is 3.60. The van der Waals surface area contributed by atoms with Crippen LogP contribution in [0.1, 0.15) is 5.56 Å². The minimum Gasteiger partial charge on any atom is -0.492 e. The number of hydrogen-bond donors (Lipinski definition) is 1. The summed E-state index contributed by atoms with van der Waals surface area (Å²) in [6.07, 6.45) is 0. The van der Waals surface area contributed by atoms with Gasteiger partial charge in [-0.25, -0.2) is 4.79 Å². The van der Waals surface area contributed by atoms with Gasteiger partial charge in [0.2, 0.25) is 0 Å². The second-order valence-corrected chi connectivity index (χ2v) is 5.91. The van der Waals surface area contributed by atoms with Crippen LogP contribution in [-0.4, -0.2) is 45.2 Å². The van der Waals surface area contributed by atoms with Crippen LogP contribution in [0.15, 0.2) is 48.5 Å². The second-order valence-electron chi connectivity index (χ2n) is 5.91. The van der Waals surface area contributed by atoms with E-state index in [0.29, 0.717) is 13.2 Å². The first-order chi connectivity index (χ1) is 11.5. The van der Waals surface area contributed by atoms with E-state index in [1.54, 1.807) is 11.9 Å². The van der Waals surface area contributed by atoms with Crippen LogP contribution in [0.3, 0.4) is 0 Å². The van der Waals surface area contributed by atoms with E-state index < -0.39 is 0 Å². The Hall–Kier alpha value is -2.69. The van der Waals surface area contributed by atoms with Gasteiger partial charge in [-0.15, -0.1) is 0 Å². The average Bonchev–Trinajstić information content (AvgIpc) is 2.57. The number of benzene rings is 2. The Bertz CT molecular complexity index is 672. The second kappa shape index (κ2) is 8.24. The van der Waals surface area contributed by atoms with Crippen molar-refractivity contribution in [2.24, 2.45) is 0 Å². The molecule has 1 N–H and O–H groups in total. The largest absolute Gasteiger partial charge is 0.492 e. The lowest BCUT2D eigenvalue weighted by molar-refractivity contribution is 0.207. The summed E-state index contributed by atoms with van der Waals surface area (Å²) < 4.78 is 5.62. The molecule has 0 aliphatic rings. The number of ether oxygens (including phenoxy) is 1. The van der Waals surface area contributed by atoms with Gasteiger partial charge in [0, 0.05) is 32.5 Å². The van der Waals surface area contributed by atoms with E-state index in [4.69, 9.17) is 4.74 Å². The van der Waals surface area contributed by atoms with Gasteiger partial charge in [0.25, 0.3) is 0 Å². The van der Waals surface area contributed by atoms with E-state index in [1.807, 2.05) is 74.4 Å². The maximum Gasteiger partial charge on any atom is 0.321 e. The van der Waals surface area contributed by atoms with Crippen molar-refractivity contribution in [3.63, 3.8) is 0 Å². The molecule has 0 aliphatic carbocycles. The molecule has 128 valence electrons. The van der Waals surface area contributed by atoms with E-state index in [-0.39, 0.29) is 6.03 Å². The summed E-state index contributed by atoms with van der Waals surface area (Å²) in [6.45, 7) is 2.95. The van der Waals surface area contributed by atoms with Crippen molar-refractivity contribution in [1.29, 1.82) is 0 Å². The molecular weight excluding hydrogens is 302 g/mol. The number of para-hydroxylation sites is 1. The summed E-state index contributed by atoms with van der Waals surface area (Å²) in [5, 5.41) is 2.94. The molecule has 2 aromatic rings. The van der Waals surface area contributed by atoms with Crippen molar-refractivity contribution in [3.8, 4) is 5.75 Å². The third-order valence-electron chi connectivity index (χ3n) is 3.75. The molecule has 0 aliphatic heterocycles. The molecule has 0 fully saturated rings. The molecule has 0 saturated heterocycles. The molecule has 0 spiro atoms. The number of likely N-dealkylation sites (N-methyl/N-ethyl adjacent to an activating group) is 1. The van der Waals surface area contributed by atoms with Crippen LogP contribution in [0.4, 0.5) is 16.2 Å². The van der Waals surface area contributed by atoms with Crippen LogP contribution < -0.4 is 15.0 Å². The van der Waals surface area contributed by atoms with Gasteiger partial charge < -0.3 is 19.9 Å². The van der Waals surface area contributed by atoms with Gasteiger partial charge in [0.05, 0.1) is 6.54 Å². The highest BCUT2D eigenvalue weighted by atomic mass is 16.5. The zero-order chi connectivity index (χ0) is 17.5. The number of nitrogens with one attached hydrogen (secondary N) is 1. The molecular formula is C19H25N3O2. The van der Waals surface area contributed by atoms with Gasteiger partial charge in [0.15, 0.2) is 0 Å². The highest BCUT2D eigenvalue weighted by Gasteiger charge is 2.10. The number of rotatable bonds is 6. The van der Waals surface area contributed by atoms with Gasteiger partial charge in [-0.05, 0) is 42.8 Å². The Morgan fingerprint density at radius 1 is 1.08 bits per heavy atom. The first-order valence-corrected chi connectivity index (χ1v) is 7.95. The lowest BCUT2D eigenvalue weighted by Crippen LogP contribution is -2.34. The molecule has 5 heteroatoms. The summed E-state index contributed by atoms with van der Waals surface area (Å²) in [5.74, 6) is 0.807. The normalized spacial score (nSPS) is 10.2. The first-order valence-electron chi connectivity index (χ1n) is 7.95. The number of hydrogen-bond acceptors (Lipinski definition) is 3. The van der Waals surface area contributed by atoms with E-state index >= 15 is 0 Å². The molecule has 0 atom stereocenters. The average molecular weight is 327 g/mol. The Morgan fingerprint density at radius 3 is 2.42 bits per heavy atom. The minimum atomic E-state index is -0.146. The number of anilines is 2. The fourth-order valence-corrected chi connectivity index (χ4v) is 2.20. The van der Waals surface area contributed by atoms with Crippen LogP contribution in [0.5, 0.6) is 5.75 Å². The van der Waals surface area contributed by atoms with Crippen molar-refractivity contribution in [2.75, 3.05) is 44.5 Å². The van der Waals surface area contributed by atoms with Crippen LogP contribution in [0.25, 0.3) is 0 Å². The van der Waals surface area contributed by atoms with Gasteiger partial charge >= 0.3 is 6.03 Å². The van der Waals surface area contributed by atoms with E-state index in [2.05, 4.69) is 5.32 Å². The minimum absolute atomic E-state index is 0.146. The number of carbonyl (C=O) groups is 1. The topological polar surface area (TPSA) is 44.8 Å². The maximum absolute atomic E-state index is 12.3. The van der Waals surface area contributed by atoms with E-state index in [0.717, 1.165) is 22.7 Å². The Balaban J connectivity index is 1.85. The lowest BCUT2D eigenvalue weighted by Gasteiger charge is -2.20. The Kier molecular flexibility index (Phi) is 6.07. The third kappa shape index (κ3) is 4.91. The molecule has 2 aromatic carbocycles. The zero-order valence-electron chi connectivity index (χ0n) is 14.7. The first kappa shape index (κ1) is 17.7. The molecule has 0 aromatic heterocycles. The standard InChI is InChI=1S/C19H25N3O2/c1-15-14-16(21(2)3)10-11-18(15)20-19(23)22(4)12-13-24-17-8-6-5-7-9-17/h5-11,14H,12-13H2,1-4H3,(H,20,23). The van der Waals surface area contributed by atoms with Crippen LogP contribution in [-0.2, 0) is 0 Å². The van der Waals surface area contributed by atoms with Crippen LogP contribution in [0, 0.1) is 6.92 Å². The maximum atomic E-state index is 12.3. The smallest absolute Gasteiger partial charge is 0.321 e. The highest BCUT2D eigenvalue weighted by molar-refractivity contribution is 5.90. The van der Waals surface area contributed by atoms with E-state index in [9.17, 15) is 4.79 Å². The summed E-state index contributed by atoms with van der Waals surface area (Å²) >= 11 is 0. The molecule has 0 bridgehead atoms. The summed E-state index contributed by atoms with van der Waals surface area (Å²) in [6, 6.07) is 15.4. The molecule has 0 unspecified atom stereocenters. The summed E-state index contributed by atoms with van der Waals surface area (Å²) in [7, 11) is 5.74. The Labute approximate surface area is 143 Å². The van der Waals surface area contributed by atoms with Gasteiger partial charge in [-0.2, -0.15) is 0 Å². The number of urea groups is 1. The fraction of sp³-hybridized carbons (Fsp3) is 0.316.